The second kappa shape index (κ2) is 6.64. The maximum atomic E-state index is 10.0. The van der Waals surface area contributed by atoms with Crippen LogP contribution in [0, 0.1) is 0 Å². The van der Waals surface area contributed by atoms with Gasteiger partial charge < -0.3 is 10.4 Å². The van der Waals surface area contributed by atoms with Crippen LogP contribution >= 0.6 is 23.4 Å². The normalized spacial score (nSPS) is 19.2. The van der Waals surface area contributed by atoms with Crippen molar-refractivity contribution < 1.29 is 5.11 Å². The molecule has 2 rings (SSSR count). The van der Waals surface area contributed by atoms with Crippen LogP contribution in [0.5, 0.6) is 0 Å². The summed E-state index contributed by atoms with van der Waals surface area (Å²) in [6.07, 6.45) is 1.97. The summed E-state index contributed by atoms with van der Waals surface area (Å²) in [5.74, 6) is 2.46. The fourth-order valence-electron chi connectivity index (χ4n) is 1.98. The molecule has 1 fully saturated rings. The molecule has 0 aromatic heterocycles. The molecule has 1 atom stereocenters. The lowest BCUT2D eigenvalue weighted by atomic mass is 10.1. The minimum Gasteiger partial charge on any atom is -0.387 e. The summed E-state index contributed by atoms with van der Waals surface area (Å²) in [6, 6.07) is 7.96. The maximum absolute atomic E-state index is 10.0. The topological polar surface area (TPSA) is 32.3 Å². The summed E-state index contributed by atoms with van der Waals surface area (Å²) in [5.41, 5.74) is 0.923. The number of thioether (sulfide) groups is 1. The molecule has 1 aliphatic rings. The van der Waals surface area contributed by atoms with Gasteiger partial charge in [0.2, 0.25) is 0 Å². The monoisotopic (exact) mass is 271 g/mol. The molecule has 17 heavy (non-hydrogen) atoms. The van der Waals surface area contributed by atoms with Gasteiger partial charge >= 0.3 is 0 Å². The lowest BCUT2D eigenvalue weighted by Crippen LogP contribution is -2.35. The highest BCUT2D eigenvalue weighted by Gasteiger charge is 2.15. The van der Waals surface area contributed by atoms with Crippen LogP contribution in [-0.2, 0) is 0 Å². The molecular weight excluding hydrogens is 254 g/mol. The summed E-state index contributed by atoms with van der Waals surface area (Å²) < 4.78 is 0. The Kier molecular flexibility index (Phi) is 5.16. The highest BCUT2D eigenvalue weighted by molar-refractivity contribution is 7.99. The molecule has 1 aliphatic heterocycles. The third-order valence-electron chi connectivity index (χ3n) is 3.08. The average Bonchev–Trinajstić information content (AvgIpc) is 2.38. The Labute approximate surface area is 112 Å². The van der Waals surface area contributed by atoms with Crippen LogP contribution in [0.15, 0.2) is 24.3 Å². The largest absolute Gasteiger partial charge is 0.387 e. The van der Waals surface area contributed by atoms with Crippen LogP contribution in [-0.4, -0.2) is 29.2 Å². The summed E-state index contributed by atoms with van der Waals surface area (Å²) >= 11 is 7.83. The first-order valence-electron chi connectivity index (χ1n) is 6.00. The van der Waals surface area contributed by atoms with E-state index in [2.05, 4.69) is 5.32 Å². The molecule has 1 heterocycles. The van der Waals surface area contributed by atoms with Gasteiger partial charge in [-0.15, -0.1) is 0 Å². The van der Waals surface area contributed by atoms with E-state index in [9.17, 15) is 5.11 Å². The predicted molar refractivity (Wildman–Crippen MR) is 74.8 cm³/mol. The Morgan fingerprint density at radius 3 is 2.59 bits per heavy atom. The first kappa shape index (κ1) is 13.2. The third-order valence-corrected chi connectivity index (χ3v) is 4.38. The van der Waals surface area contributed by atoms with Gasteiger partial charge in [0.25, 0.3) is 0 Å². The van der Waals surface area contributed by atoms with Gasteiger partial charge in [-0.3, -0.25) is 0 Å². The zero-order valence-corrected chi connectivity index (χ0v) is 11.3. The zero-order chi connectivity index (χ0) is 12.1. The second-order valence-electron chi connectivity index (χ2n) is 4.36. The third kappa shape index (κ3) is 4.18. The van der Waals surface area contributed by atoms with Gasteiger partial charge in [0.15, 0.2) is 0 Å². The molecule has 0 saturated carbocycles. The molecule has 1 saturated heterocycles. The van der Waals surface area contributed by atoms with Gasteiger partial charge in [0.05, 0.1) is 6.10 Å². The van der Waals surface area contributed by atoms with E-state index in [0.29, 0.717) is 17.6 Å². The predicted octanol–water partition coefficient (Wildman–Crippen LogP) is 2.86. The number of nitrogens with one attached hydrogen (secondary N) is 1. The van der Waals surface area contributed by atoms with Gasteiger partial charge in [-0.25, -0.2) is 0 Å². The number of aliphatic hydroxyl groups is 1. The fraction of sp³-hybridized carbons (Fsp3) is 0.538. The van der Waals surface area contributed by atoms with Crippen LogP contribution in [0.25, 0.3) is 0 Å². The molecule has 1 aromatic rings. The zero-order valence-electron chi connectivity index (χ0n) is 9.73. The van der Waals surface area contributed by atoms with Crippen LogP contribution in [0.4, 0.5) is 0 Å². The number of hydrogen-bond acceptors (Lipinski definition) is 3. The average molecular weight is 272 g/mol. The molecule has 0 spiro atoms. The molecule has 0 radical (unpaired) electrons. The van der Waals surface area contributed by atoms with E-state index in [1.165, 1.54) is 24.3 Å². The Balaban J connectivity index is 1.80. The van der Waals surface area contributed by atoms with Crippen molar-refractivity contribution in [2.75, 3.05) is 18.1 Å². The van der Waals surface area contributed by atoms with Crippen molar-refractivity contribution in [2.45, 2.75) is 25.0 Å². The molecule has 4 heteroatoms. The maximum Gasteiger partial charge on any atom is 0.0914 e. The molecule has 94 valence electrons. The van der Waals surface area contributed by atoms with Crippen molar-refractivity contribution in [3.05, 3.63) is 34.9 Å². The van der Waals surface area contributed by atoms with Gasteiger partial charge in [-0.05, 0) is 42.0 Å². The van der Waals surface area contributed by atoms with E-state index in [4.69, 9.17) is 11.6 Å². The quantitative estimate of drug-likeness (QED) is 0.883. The van der Waals surface area contributed by atoms with E-state index in [1.807, 2.05) is 36.0 Å². The lowest BCUT2D eigenvalue weighted by Gasteiger charge is -2.24. The molecule has 0 aliphatic carbocycles. The summed E-state index contributed by atoms with van der Waals surface area (Å²) in [7, 11) is 0. The molecule has 0 bridgehead atoms. The first-order chi connectivity index (χ1) is 8.25. The molecular formula is C13H18ClNOS. The SMILES string of the molecule is OC(CNC1CCSCC1)c1ccc(Cl)cc1. The van der Waals surface area contributed by atoms with Crippen molar-refractivity contribution in [3.63, 3.8) is 0 Å². The molecule has 2 nitrogen and oxygen atoms in total. The summed E-state index contributed by atoms with van der Waals surface area (Å²) in [4.78, 5) is 0. The Morgan fingerprint density at radius 2 is 1.94 bits per heavy atom. The number of halogens is 1. The molecule has 1 unspecified atom stereocenters. The second-order valence-corrected chi connectivity index (χ2v) is 6.02. The highest BCUT2D eigenvalue weighted by Crippen LogP contribution is 2.19. The molecule has 1 aromatic carbocycles. The standard InChI is InChI=1S/C13H18ClNOS/c14-11-3-1-10(2-4-11)13(16)9-15-12-5-7-17-8-6-12/h1-4,12-13,15-16H,5-9H2. The number of aliphatic hydroxyl groups excluding tert-OH is 1. The minimum absolute atomic E-state index is 0.443. The van der Waals surface area contributed by atoms with Crippen LogP contribution in [0.1, 0.15) is 24.5 Å². The van der Waals surface area contributed by atoms with Gasteiger partial charge in [-0.2, -0.15) is 11.8 Å². The Morgan fingerprint density at radius 1 is 1.29 bits per heavy atom. The first-order valence-corrected chi connectivity index (χ1v) is 7.53. The van der Waals surface area contributed by atoms with Crippen LogP contribution < -0.4 is 5.32 Å². The van der Waals surface area contributed by atoms with Gasteiger partial charge in [-0.1, -0.05) is 23.7 Å². The summed E-state index contributed by atoms with van der Waals surface area (Å²) in [6.45, 7) is 0.622. The van der Waals surface area contributed by atoms with Crippen molar-refractivity contribution in [2.24, 2.45) is 0 Å². The van der Waals surface area contributed by atoms with Crippen molar-refractivity contribution in [1.29, 1.82) is 0 Å². The van der Waals surface area contributed by atoms with Crippen molar-refractivity contribution in [3.8, 4) is 0 Å². The van der Waals surface area contributed by atoms with E-state index < -0.39 is 6.10 Å². The lowest BCUT2D eigenvalue weighted by molar-refractivity contribution is 0.169. The number of benzene rings is 1. The van der Waals surface area contributed by atoms with E-state index in [-0.39, 0.29) is 0 Å². The van der Waals surface area contributed by atoms with E-state index >= 15 is 0 Å². The van der Waals surface area contributed by atoms with Gasteiger partial charge in [0.1, 0.15) is 0 Å². The van der Waals surface area contributed by atoms with Crippen LogP contribution in [0.3, 0.4) is 0 Å². The minimum atomic E-state index is -0.443. The summed E-state index contributed by atoms with van der Waals surface area (Å²) in [5, 5.41) is 14.2. The number of rotatable bonds is 4. The molecule has 0 amide bonds. The van der Waals surface area contributed by atoms with Crippen molar-refractivity contribution in [1.82, 2.24) is 5.32 Å². The van der Waals surface area contributed by atoms with Crippen molar-refractivity contribution >= 4 is 23.4 Å². The molecule has 2 N–H and O–H groups in total. The Hall–Kier alpha value is -0.220. The van der Waals surface area contributed by atoms with Gasteiger partial charge in [0, 0.05) is 17.6 Å². The smallest absolute Gasteiger partial charge is 0.0914 e. The Bertz CT molecular complexity index is 338. The highest BCUT2D eigenvalue weighted by atomic mass is 35.5. The fourth-order valence-corrected chi connectivity index (χ4v) is 3.22. The van der Waals surface area contributed by atoms with Crippen LogP contribution in [0.2, 0.25) is 5.02 Å². The van der Waals surface area contributed by atoms with E-state index in [1.54, 1.807) is 0 Å². The number of hydrogen-bond donors (Lipinski definition) is 2. The van der Waals surface area contributed by atoms with E-state index in [0.717, 1.165) is 5.56 Å².